The van der Waals surface area contributed by atoms with E-state index in [1.54, 1.807) is 0 Å². The van der Waals surface area contributed by atoms with Crippen molar-refractivity contribution in [2.75, 3.05) is 0 Å². The van der Waals surface area contributed by atoms with E-state index in [1.807, 2.05) is 0 Å². The Morgan fingerprint density at radius 3 is 2.44 bits per heavy atom. The van der Waals surface area contributed by atoms with Crippen LogP contribution in [0.4, 0.5) is 0 Å². The third-order valence-electron chi connectivity index (χ3n) is 3.03. The smallest absolute Gasteiger partial charge is 0.0132 e. The third kappa shape index (κ3) is 3.52. The number of hydrogen-bond donors (Lipinski definition) is 0. The van der Waals surface area contributed by atoms with Gasteiger partial charge in [0.05, 0.1) is 0 Å². The molecule has 0 bridgehead atoms. The van der Waals surface area contributed by atoms with Gasteiger partial charge in [0.2, 0.25) is 0 Å². The van der Waals surface area contributed by atoms with Gasteiger partial charge in [0, 0.05) is 0 Å². The van der Waals surface area contributed by atoms with Gasteiger partial charge >= 0.3 is 0 Å². The molecule has 16 heavy (non-hydrogen) atoms. The number of benzene rings is 1. The molecule has 0 aliphatic carbocycles. The Bertz CT molecular complexity index is 364. The average Bonchev–Trinajstić information content (AvgIpc) is 2.19. The Hall–Kier alpha value is -1.04. The van der Waals surface area contributed by atoms with Crippen molar-refractivity contribution in [3.05, 3.63) is 47.0 Å². The van der Waals surface area contributed by atoms with Gasteiger partial charge in [0.15, 0.2) is 0 Å². The molecule has 0 heterocycles. The van der Waals surface area contributed by atoms with Gasteiger partial charge in [-0.15, -0.1) is 0 Å². The summed E-state index contributed by atoms with van der Waals surface area (Å²) in [6.45, 7) is 11.1. The molecule has 0 aliphatic heterocycles. The maximum absolute atomic E-state index is 2.37. The molecule has 0 heteroatoms. The van der Waals surface area contributed by atoms with E-state index in [-0.39, 0.29) is 5.41 Å². The van der Waals surface area contributed by atoms with Crippen LogP contribution >= 0.6 is 0 Å². The van der Waals surface area contributed by atoms with Gasteiger partial charge in [-0.05, 0) is 48.8 Å². The first kappa shape index (κ1) is 13.0. The summed E-state index contributed by atoms with van der Waals surface area (Å²) >= 11 is 0. The van der Waals surface area contributed by atoms with E-state index >= 15 is 0 Å². The Labute approximate surface area is 100 Å². The number of hydrogen-bond acceptors (Lipinski definition) is 0. The van der Waals surface area contributed by atoms with Gasteiger partial charge in [-0.2, -0.15) is 0 Å². The second-order valence-electron chi connectivity index (χ2n) is 5.50. The molecule has 0 fully saturated rings. The van der Waals surface area contributed by atoms with Crippen molar-refractivity contribution in [2.24, 2.45) is 0 Å². The first-order valence-electron chi connectivity index (χ1n) is 6.16. The molecular formula is C16H24. The molecule has 0 amide bonds. The molecule has 0 spiro atoms. The van der Waals surface area contributed by atoms with Gasteiger partial charge in [-0.1, -0.05) is 51.1 Å². The van der Waals surface area contributed by atoms with Crippen LogP contribution in [0.5, 0.6) is 0 Å². The topological polar surface area (TPSA) is 0 Å². The summed E-state index contributed by atoms with van der Waals surface area (Å²) in [7, 11) is 0. The lowest BCUT2D eigenvalue weighted by Crippen LogP contribution is -2.11. The standard InChI is InChI=1S/C16H24/c1-6-7-8-9-14-12-15(16(3,4)5)11-10-13(14)2/h6-7,10-12H,8-9H2,1-5H3/b7-6-. The van der Waals surface area contributed by atoms with Gasteiger partial charge in [0.1, 0.15) is 0 Å². The third-order valence-corrected chi connectivity index (χ3v) is 3.03. The zero-order valence-corrected chi connectivity index (χ0v) is 11.3. The van der Waals surface area contributed by atoms with E-state index in [1.165, 1.54) is 16.7 Å². The van der Waals surface area contributed by atoms with Crippen molar-refractivity contribution in [2.45, 2.75) is 52.9 Å². The molecule has 0 aromatic heterocycles. The lowest BCUT2D eigenvalue weighted by atomic mass is 9.85. The number of aryl methyl sites for hydroxylation is 2. The van der Waals surface area contributed by atoms with Crippen molar-refractivity contribution in [3.63, 3.8) is 0 Å². The van der Waals surface area contributed by atoms with Gasteiger partial charge < -0.3 is 0 Å². The fourth-order valence-corrected chi connectivity index (χ4v) is 1.81. The van der Waals surface area contributed by atoms with Crippen molar-refractivity contribution in [1.82, 2.24) is 0 Å². The summed E-state index contributed by atoms with van der Waals surface area (Å²) in [5.41, 5.74) is 4.60. The van der Waals surface area contributed by atoms with E-state index < -0.39 is 0 Å². The molecule has 0 saturated heterocycles. The minimum atomic E-state index is 0.253. The molecule has 88 valence electrons. The minimum absolute atomic E-state index is 0.253. The SMILES string of the molecule is C/C=C\CCc1cc(C(C)(C)C)ccc1C. The van der Waals surface area contributed by atoms with E-state index in [0.29, 0.717) is 0 Å². The minimum Gasteiger partial charge on any atom is -0.0917 e. The van der Waals surface area contributed by atoms with Crippen LogP contribution in [0.3, 0.4) is 0 Å². The molecule has 0 unspecified atom stereocenters. The zero-order valence-electron chi connectivity index (χ0n) is 11.3. The highest BCUT2D eigenvalue weighted by Crippen LogP contribution is 2.25. The van der Waals surface area contributed by atoms with Crippen LogP contribution in [0.25, 0.3) is 0 Å². The van der Waals surface area contributed by atoms with Crippen LogP contribution in [-0.4, -0.2) is 0 Å². The van der Waals surface area contributed by atoms with Gasteiger partial charge in [0.25, 0.3) is 0 Å². The summed E-state index contributed by atoms with van der Waals surface area (Å²) in [5, 5.41) is 0. The van der Waals surface area contributed by atoms with Crippen molar-refractivity contribution in [3.8, 4) is 0 Å². The number of allylic oxidation sites excluding steroid dienone is 2. The maximum Gasteiger partial charge on any atom is -0.0132 e. The maximum atomic E-state index is 2.37. The van der Waals surface area contributed by atoms with Crippen molar-refractivity contribution >= 4 is 0 Å². The fourth-order valence-electron chi connectivity index (χ4n) is 1.81. The largest absolute Gasteiger partial charge is 0.0917 e. The molecule has 0 nitrogen and oxygen atoms in total. The second-order valence-corrected chi connectivity index (χ2v) is 5.50. The van der Waals surface area contributed by atoms with Crippen LogP contribution in [0, 0.1) is 6.92 Å². The highest BCUT2D eigenvalue weighted by molar-refractivity contribution is 5.34. The Morgan fingerprint density at radius 2 is 1.88 bits per heavy atom. The normalized spacial score (nSPS) is 12.3. The van der Waals surface area contributed by atoms with Crippen molar-refractivity contribution in [1.29, 1.82) is 0 Å². The van der Waals surface area contributed by atoms with Crippen LogP contribution in [0.15, 0.2) is 30.4 Å². The number of rotatable bonds is 3. The van der Waals surface area contributed by atoms with E-state index in [0.717, 1.165) is 12.8 Å². The highest BCUT2D eigenvalue weighted by atomic mass is 14.2. The van der Waals surface area contributed by atoms with Gasteiger partial charge in [-0.3, -0.25) is 0 Å². The molecule has 1 rings (SSSR count). The molecule has 1 aromatic carbocycles. The summed E-state index contributed by atoms with van der Waals surface area (Å²) in [6.07, 6.45) is 6.66. The summed E-state index contributed by atoms with van der Waals surface area (Å²) in [4.78, 5) is 0. The summed E-state index contributed by atoms with van der Waals surface area (Å²) in [5.74, 6) is 0. The summed E-state index contributed by atoms with van der Waals surface area (Å²) in [6, 6.07) is 6.89. The fraction of sp³-hybridized carbons (Fsp3) is 0.500. The van der Waals surface area contributed by atoms with E-state index in [2.05, 4.69) is 65.0 Å². The van der Waals surface area contributed by atoms with Crippen LogP contribution in [-0.2, 0) is 11.8 Å². The van der Waals surface area contributed by atoms with Crippen molar-refractivity contribution < 1.29 is 0 Å². The lowest BCUT2D eigenvalue weighted by Gasteiger charge is -2.20. The average molecular weight is 216 g/mol. The molecule has 0 saturated carbocycles. The lowest BCUT2D eigenvalue weighted by molar-refractivity contribution is 0.589. The van der Waals surface area contributed by atoms with Crippen LogP contribution in [0.1, 0.15) is 50.8 Å². The molecule has 1 aromatic rings. The predicted molar refractivity (Wildman–Crippen MR) is 73.0 cm³/mol. The van der Waals surface area contributed by atoms with Crippen LogP contribution in [0.2, 0.25) is 0 Å². The molecule has 0 aliphatic rings. The summed E-state index contributed by atoms with van der Waals surface area (Å²) < 4.78 is 0. The molecule has 0 atom stereocenters. The molecule has 0 radical (unpaired) electrons. The molecule has 0 N–H and O–H groups in total. The van der Waals surface area contributed by atoms with Crippen LogP contribution < -0.4 is 0 Å². The Kier molecular flexibility index (Phi) is 4.35. The monoisotopic (exact) mass is 216 g/mol. The first-order chi connectivity index (χ1) is 7.45. The highest BCUT2D eigenvalue weighted by Gasteiger charge is 2.14. The van der Waals surface area contributed by atoms with Gasteiger partial charge in [-0.25, -0.2) is 0 Å². The predicted octanol–water partition coefficient (Wildman–Crippen LogP) is 4.80. The zero-order chi connectivity index (χ0) is 12.2. The Balaban J connectivity index is 2.91. The van der Waals surface area contributed by atoms with E-state index in [4.69, 9.17) is 0 Å². The second kappa shape index (κ2) is 5.34. The molecular weight excluding hydrogens is 192 g/mol. The van der Waals surface area contributed by atoms with E-state index in [9.17, 15) is 0 Å². The quantitative estimate of drug-likeness (QED) is 0.637. The Morgan fingerprint density at radius 1 is 1.19 bits per heavy atom. The first-order valence-corrected chi connectivity index (χ1v) is 6.16.